The van der Waals surface area contributed by atoms with Crippen LogP contribution in [-0.4, -0.2) is 24.2 Å². The molecule has 0 fully saturated rings. The minimum atomic E-state index is 0.372. The maximum atomic E-state index is 6.02. The molecule has 3 rings (SSSR count). The topological polar surface area (TPSA) is 70.3 Å². The van der Waals surface area contributed by atoms with Crippen molar-refractivity contribution in [3.63, 3.8) is 0 Å². The molecule has 0 amide bonds. The van der Waals surface area contributed by atoms with Gasteiger partial charge in [-0.1, -0.05) is 30.3 Å². The highest BCUT2D eigenvalue weighted by atomic mass is 16.5. The zero-order valence-corrected chi connectivity index (χ0v) is 13.0. The van der Waals surface area contributed by atoms with Crippen LogP contribution < -0.4 is 15.2 Å². The maximum Gasteiger partial charge on any atom is 0.161 e. The van der Waals surface area contributed by atoms with E-state index < -0.39 is 0 Å². The summed E-state index contributed by atoms with van der Waals surface area (Å²) < 4.78 is 10.6. The molecular formula is C18H17N3O2. The van der Waals surface area contributed by atoms with Crippen molar-refractivity contribution in [3.05, 3.63) is 54.7 Å². The van der Waals surface area contributed by atoms with E-state index in [1.165, 1.54) is 0 Å². The second kappa shape index (κ2) is 6.36. The molecule has 0 unspecified atom stereocenters. The zero-order valence-electron chi connectivity index (χ0n) is 13.0. The molecule has 116 valence electrons. The number of hydrogen-bond acceptors (Lipinski definition) is 5. The van der Waals surface area contributed by atoms with Crippen LogP contribution in [0.1, 0.15) is 0 Å². The van der Waals surface area contributed by atoms with Gasteiger partial charge >= 0.3 is 0 Å². The first-order valence-electron chi connectivity index (χ1n) is 7.13. The fourth-order valence-corrected chi connectivity index (χ4v) is 2.34. The molecule has 0 saturated heterocycles. The number of nitrogens with zero attached hydrogens (tertiary/aromatic N) is 2. The second-order valence-electron chi connectivity index (χ2n) is 4.92. The Morgan fingerprint density at radius 1 is 0.870 bits per heavy atom. The molecule has 23 heavy (non-hydrogen) atoms. The summed E-state index contributed by atoms with van der Waals surface area (Å²) >= 11 is 0. The summed E-state index contributed by atoms with van der Waals surface area (Å²) in [5, 5.41) is 0. The molecule has 0 spiro atoms. The van der Waals surface area contributed by atoms with Gasteiger partial charge in [-0.05, 0) is 18.2 Å². The molecule has 0 bridgehead atoms. The Hall–Kier alpha value is -3.08. The lowest BCUT2D eigenvalue weighted by atomic mass is 10.1. The van der Waals surface area contributed by atoms with E-state index in [1.54, 1.807) is 20.4 Å². The van der Waals surface area contributed by atoms with E-state index in [9.17, 15) is 0 Å². The highest BCUT2D eigenvalue weighted by Gasteiger charge is 2.12. The Balaban J connectivity index is 2.09. The van der Waals surface area contributed by atoms with Crippen molar-refractivity contribution in [1.82, 2.24) is 9.97 Å². The predicted octanol–water partition coefficient (Wildman–Crippen LogP) is 3.41. The Kier molecular flexibility index (Phi) is 4.10. The van der Waals surface area contributed by atoms with Crippen molar-refractivity contribution >= 4 is 5.82 Å². The van der Waals surface area contributed by atoms with E-state index in [-0.39, 0.29) is 0 Å². The average Bonchev–Trinajstić information content (AvgIpc) is 2.62. The number of hydrogen-bond donors (Lipinski definition) is 1. The third-order valence-electron chi connectivity index (χ3n) is 3.53. The van der Waals surface area contributed by atoms with Crippen molar-refractivity contribution in [3.8, 4) is 34.0 Å². The fourth-order valence-electron chi connectivity index (χ4n) is 2.34. The minimum absolute atomic E-state index is 0.372. The van der Waals surface area contributed by atoms with Crippen LogP contribution in [0.2, 0.25) is 0 Å². The molecule has 0 aliphatic rings. The molecule has 5 heteroatoms. The summed E-state index contributed by atoms with van der Waals surface area (Å²) in [6, 6.07) is 15.4. The van der Waals surface area contributed by atoms with Crippen LogP contribution in [-0.2, 0) is 0 Å². The van der Waals surface area contributed by atoms with Crippen LogP contribution >= 0.6 is 0 Å². The van der Waals surface area contributed by atoms with Gasteiger partial charge in [-0.3, -0.25) is 0 Å². The van der Waals surface area contributed by atoms with Crippen molar-refractivity contribution in [2.45, 2.75) is 0 Å². The largest absolute Gasteiger partial charge is 0.493 e. The molecule has 0 aliphatic heterocycles. The fraction of sp³-hybridized carbons (Fsp3) is 0.111. The van der Waals surface area contributed by atoms with E-state index in [0.29, 0.717) is 23.0 Å². The predicted molar refractivity (Wildman–Crippen MR) is 90.4 cm³/mol. The van der Waals surface area contributed by atoms with Crippen molar-refractivity contribution in [1.29, 1.82) is 0 Å². The van der Waals surface area contributed by atoms with Gasteiger partial charge in [-0.2, -0.15) is 0 Å². The third-order valence-corrected chi connectivity index (χ3v) is 3.53. The normalized spacial score (nSPS) is 10.3. The van der Waals surface area contributed by atoms with Crippen LogP contribution in [0.3, 0.4) is 0 Å². The molecule has 1 aromatic heterocycles. The SMILES string of the molecule is COc1ccc(-c2nc(-c3ccccc3)cnc2N)cc1OC. The van der Waals surface area contributed by atoms with Gasteiger partial charge < -0.3 is 15.2 Å². The number of nitrogen functional groups attached to an aromatic ring is 1. The molecule has 2 N–H and O–H groups in total. The van der Waals surface area contributed by atoms with Gasteiger partial charge in [0.05, 0.1) is 26.1 Å². The molecule has 1 heterocycles. The highest BCUT2D eigenvalue weighted by molar-refractivity contribution is 5.74. The molecule has 5 nitrogen and oxygen atoms in total. The van der Waals surface area contributed by atoms with E-state index in [1.807, 2.05) is 48.5 Å². The summed E-state index contributed by atoms with van der Waals surface area (Å²) in [6.45, 7) is 0. The number of anilines is 1. The van der Waals surface area contributed by atoms with Crippen LogP contribution in [0, 0.1) is 0 Å². The summed E-state index contributed by atoms with van der Waals surface area (Å²) in [4.78, 5) is 8.93. The van der Waals surface area contributed by atoms with E-state index in [0.717, 1.165) is 16.8 Å². The molecule has 0 aliphatic carbocycles. The first kappa shape index (κ1) is 14.8. The van der Waals surface area contributed by atoms with Crippen molar-refractivity contribution in [2.75, 3.05) is 20.0 Å². The Morgan fingerprint density at radius 3 is 2.30 bits per heavy atom. The van der Waals surface area contributed by atoms with Crippen LogP contribution in [0.4, 0.5) is 5.82 Å². The molecule has 0 saturated carbocycles. The first-order valence-corrected chi connectivity index (χ1v) is 7.13. The number of benzene rings is 2. The van der Waals surface area contributed by atoms with E-state index in [4.69, 9.17) is 15.2 Å². The van der Waals surface area contributed by atoms with Gasteiger partial charge in [0.1, 0.15) is 11.5 Å². The van der Waals surface area contributed by atoms with Gasteiger partial charge in [0.25, 0.3) is 0 Å². The smallest absolute Gasteiger partial charge is 0.161 e. The number of ether oxygens (including phenoxy) is 2. The molecule has 3 aromatic rings. The first-order chi connectivity index (χ1) is 11.2. The third kappa shape index (κ3) is 2.94. The van der Waals surface area contributed by atoms with Gasteiger partial charge in [-0.15, -0.1) is 0 Å². The summed E-state index contributed by atoms with van der Waals surface area (Å²) in [6.07, 6.45) is 1.68. The second-order valence-corrected chi connectivity index (χ2v) is 4.92. The number of aromatic nitrogens is 2. The van der Waals surface area contributed by atoms with Crippen LogP contribution in [0.5, 0.6) is 11.5 Å². The van der Waals surface area contributed by atoms with Gasteiger partial charge in [0, 0.05) is 11.1 Å². The molecule has 2 aromatic carbocycles. The number of nitrogens with two attached hydrogens (primary N) is 1. The zero-order chi connectivity index (χ0) is 16.2. The van der Waals surface area contributed by atoms with Gasteiger partial charge in [-0.25, -0.2) is 9.97 Å². The lowest BCUT2D eigenvalue weighted by Crippen LogP contribution is -1.99. The monoisotopic (exact) mass is 307 g/mol. The average molecular weight is 307 g/mol. The number of methoxy groups -OCH3 is 2. The quantitative estimate of drug-likeness (QED) is 0.800. The molecular weight excluding hydrogens is 290 g/mol. The Bertz CT molecular complexity index is 820. The van der Waals surface area contributed by atoms with Crippen LogP contribution in [0.15, 0.2) is 54.7 Å². The molecule has 0 radical (unpaired) electrons. The summed E-state index contributed by atoms with van der Waals surface area (Å²) in [5.41, 5.74) is 9.21. The Morgan fingerprint density at radius 2 is 1.61 bits per heavy atom. The lowest BCUT2D eigenvalue weighted by Gasteiger charge is -2.11. The molecule has 0 atom stereocenters. The van der Waals surface area contributed by atoms with Gasteiger partial charge in [0.15, 0.2) is 11.5 Å². The standard InChI is InChI=1S/C18H17N3O2/c1-22-15-9-8-13(10-16(15)23-2)17-18(19)20-11-14(21-17)12-6-4-3-5-7-12/h3-11H,1-2H3,(H2,19,20). The van der Waals surface area contributed by atoms with E-state index in [2.05, 4.69) is 9.97 Å². The van der Waals surface area contributed by atoms with E-state index >= 15 is 0 Å². The van der Waals surface area contributed by atoms with Crippen molar-refractivity contribution in [2.24, 2.45) is 0 Å². The summed E-state index contributed by atoms with van der Waals surface area (Å²) in [7, 11) is 3.19. The van der Waals surface area contributed by atoms with Crippen molar-refractivity contribution < 1.29 is 9.47 Å². The summed E-state index contributed by atoms with van der Waals surface area (Å²) in [5.74, 6) is 1.65. The van der Waals surface area contributed by atoms with Crippen LogP contribution in [0.25, 0.3) is 22.5 Å². The Labute approximate surface area is 134 Å². The maximum absolute atomic E-state index is 6.02. The minimum Gasteiger partial charge on any atom is -0.493 e. The lowest BCUT2D eigenvalue weighted by molar-refractivity contribution is 0.355. The highest BCUT2D eigenvalue weighted by Crippen LogP contribution is 2.33. The van der Waals surface area contributed by atoms with Gasteiger partial charge in [0.2, 0.25) is 0 Å². The number of rotatable bonds is 4.